The Hall–Kier alpha value is -1.69. The Labute approximate surface area is 143 Å². The van der Waals surface area contributed by atoms with Gasteiger partial charge in [0.1, 0.15) is 0 Å². The third-order valence-corrected chi connectivity index (χ3v) is 5.78. The lowest BCUT2D eigenvalue weighted by atomic mass is 10.0. The summed E-state index contributed by atoms with van der Waals surface area (Å²) in [4.78, 5) is 2.59. The summed E-state index contributed by atoms with van der Waals surface area (Å²) in [5, 5.41) is 10.5. The lowest BCUT2D eigenvalue weighted by molar-refractivity contribution is 0.106. The van der Waals surface area contributed by atoms with Crippen LogP contribution >= 0.6 is 0 Å². The van der Waals surface area contributed by atoms with Crippen molar-refractivity contribution in [3.8, 4) is 0 Å². The van der Waals surface area contributed by atoms with Crippen LogP contribution in [0.15, 0.2) is 59.5 Å². The van der Waals surface area contributed by atoms with E-state index in [-0.39, 0.29) is 4.90 Å². The Bertz CT molecular complexity index is 772. The Morgan fingerprint density at radius 3 is 2.42 bits per heavy atom. The maximum absolute atomic E-state index is 11.5. The van der Waals surface area contributed by atoms with Gasteiger partial charge in [0.15, 0.2) is 9.84 Å². The molecule has 0 spiro atoms. The van der Waals surface area contributed by atoms with E-state index in [4.69, 9.17) is 0 Å². The summed E-state index contributed by atoms with van der Waals surface area (Å²) in [6, 6.07) is 17.3. The summed E-state index contributed by atoms with van der Waals surface area (Å²) in [5.41, 5.74) is 2.04. The second kappa shape index (κ2) is 7.05. The minimum Gasteiger partial charge on any atom is -0.387 e. The lowest BCUT2D eigenvalue weighted by Crippen LogP contribution is -2.28. The molecule has 1 aliphatic rings. The molecule has 0 aromatic heterocycles. The highest BCUT2D eigenvalue weighted by Gasteiger charge is 2.27. The number of likely N-dealkylation sites (tertiary alicyclic amines) is 1. The van der Waals surface area contributed by atoms with Gasteiger partial charge in [-0.3, -0.25) is 4.90 Å². The molecular weight excluding hydrogens is 322 g/mol. The number of nitrogens with zero attached hydrogens (tertiary/aromatic N) is 1. The fraction of sp³-hybridized carbons (Fsp3) is 0.368. The first-order valence-corrected chi connectivity index (χ1v) is 10.1. The third-order valence-electron chi connectivity index (χ3n) is 4.65. The number of β-amino-alcohol motifs (C(OH)–C–C–N with tert-alkyl or cyclic N) is 1. The van der Waals surface area contributed by atoms with Gasteiger partial charge in [-0.1, -0.05) is 42.5 Å². The summed E-state index contributed by atoms with van der Waals surface area (Å²) in [7, 11) is -3.20. The molecule has 4 nitrogen and oxygen atoms in total. The van der Waals surface area contributed by atoms with Crippen molar-refractivity contribution in [3.63, 3.8) is 0 Å². The fourth-order valence-corrected chi connectivity index (χ4v) is 3.99. The zero-order chi connectivity index (χ0) is 17.2. The smallest absolute Gasteiger partial charge is 0.175 e. The average molecular weight is 345 g/mol. The van der Waals surface area contributed by atoms with Crippen LogP contribution in [-0.4, -0.2) is 37.8 Å². The molecule has 1 fully saturated rings. The van der Waals surface area contributed by atoms with Crippen LogP contribution in [0.2, 0.25) is 0 Å². The molecule has 0 radical (unpaired) electrons. The highest BCUT2D eigenvalue weighted by atomic mass is 32.2. The highest BCUT2D eigenvalue weighted by Crippen LogP contribution is 2.33. The summed E-state index contributed by atoms with van der Waals surface area (Å²) >= 11 is 0. The van der Waals surface area contributed by atoms with Crippen LogP contribution in [0.25, 0.3) is 0 Å². The summed E-state index contributed by atoms with van der Waals surface area (Å²) in [6.07, 6.45) is 2.79. The largest absolute Gasteiger partial charge is 0.387 e. The van der Waals surface area contributed by atoms with Gasteiger partial charge < -0.3 is 5.11 Å². The third kappa shape index (κ3) is 3.86. The van der Waals surface area contributed by atoms with Crippen molar-refractivity contribution in [2.75, 3.05) is 19.3 Å². The van der Waals surface area contributed by atoms with Crippen LogP contribution in [0.3, 0.4) is 0 Å². The molecule has 2 unspecified atom stereocenters. The molecule has 2 aromatic rings. The second-order valence-corrected chi connectivity index (χ2v) is 8.44. The normalized spacial score (nSPS) is 20.2. The molecule has 3 rings (SSSR count). The molecule has 1 aliphatic heterocycles. The SMILES string of the molecule is CS(=O)(=O)c1ccc(C(O)CN2CCCC2c2ccccc2)cc1. The first-order valence-electron chi connectivity index (χ1n) is 8.22. The molecule has 2 atom stereocenters. The van der Waals surface area contributed by atoms with E-state index in [1.54, 1.807) is 24.3 Å². The Morgan fingerprint density at radius 1 is 1.12 bits per heavy atom. The van der Waals surface area contributed by atoms with Gasteiger partial charge in [0.2, 0.25) is 0 Å². The molecule has 0 aliphatic carbocycles. The van der Waals surface area contributed by atoms with Gasteiger partial charge in [-0.05, 0) is 42.6 Å². The van der Waals surface area contributed by atoms with Crippen molar-refractivity contribution in [1.29, 1.82) is 0 Å². The maximum atomic E-state index is 11.5. The number of aliphatic hydroxyl groups excluding tert-OH is 1. The van der Waals surface area contributed by atoms with Gasteiger partial charge in [-0.15, -0.1) is 0 Å². The van der Waals surface area contributed by atoms with E-state index in [0.29, 0.717) is 12.6 Å². The Morgan fingerprint density at radius 2 is 1.79 bits per heavy atom. The standard InChI is InChI=1S/C19H23NO3S/c1-24(22,23)17-11-9-16(10-12-17)19(21)14-20-13-5-8-18(20)15-6-3-2-4-7-15/h2-4,6-7,9-12,18-19,21H,5,8,13-14H2,1H3. The minimum absolute atomic E-state index is 0.279. The highest BCUT2D eigenvalue weighted by molar-refractivity contribution is 7.90. The van der Waals surface area contributed by atoms with Crippen LogP contribution < -0.4 is 0 Å². The van der Waals surface area contributed by atoms with Crippen molar-refractivity contribution in [3.05, 3.63) is 65.7 Å². The zero-order valence-electron chi connectivity index (χ0n) is 13.8. The molecular formula is C19H23NO3S. The number of rotatable bonds is 5. The van der Waals surface area contributed by atoms with E-state index in [1.165, 1.54) is 11.8 Å². The molecule has 2 aromatic carbocycles. The van der Waals surface area contributed by atoms with Gasteiger partial charge >= 0.3 is 0 Å². The van der Waals surface area contributed by atoms with Gasteiger partial charge in [0.05, 0.1) is 11.0 Å². The Balaban J connectivity index is 1.71. The van der Waals surface area contributed by atoms with Crippen LogP contribution in [0, 0.1) is 0 Å². The molecule has 0 bridgehead atoms. The molecule has 128 valence electrons. The molecule has 1 heterocycles. The number of hydrogen-bond donors (Lipinski definition) is 1. The number of aliphatic hydroxyl groups is 1. The molecule has 0 amide bonds. The van der Waals surface area contributed by atoms with Crippen LogP contribution in [0.4, 0.5) is 0 Å². The predicted octanol–water partition coefficient (Wildman–Crippen LogP) is 2.96. The molecule has 5 heteroatoms. The average Bonchev–Trinajstić information content (AvgIpc) is 3.03. The first-order chi connectivity index (χ1) is 11.4. The van der Waals surface area contributed by atoms with Crippen molar-refractivity contribution in [2.24, 2.45) is 0 Å². The van der Waals surface area contributed by atoms with E-state index in [0.717, 1.165) is 24.9 Å². The van der Waals surface area contributed by atoms with E-state index in [2.05, 4.69) is 17.0 Å². The van der Waals surface area contributed by atoms with Gasteiger partial charge in [-0.2, -0.15) is 0 Å². The number of sulfone groups is 1. The van der Waals surface area contributed by atoms with Crippen molar-refractivity contribution in [1.82, 2.24) is 4.90 Å². The van der Waals surface area contributed by atoms with Crippen molar-refractivity contribution < 1.29 is 13.5 Å². The molecule has 1 saturated heterocycles. The van der Waals surface area contributed by atoms with E-state index in [9.17, 15) is 13.5 Å². The van der Waals surface area contributed by atoms with E-state index in [1.807, 2.05) is 18.2 Å². The lowest BCUT2D eigenvalue weighted by Gasteiger charge is -2.27. The molecule has 0 saturated carbocycles. The quantitative estimate of drug-likeness (QED) is 0.905. The van der Waals surface area contributed by atoms with E-state index >= 15 is 0 Å². The first kappa shape index (κ1) is 17.1. The summed E-state index contributed by atoms with van der Waals surface area (Å²) < 4.78 is 23.0. The summed E-state index contributed by atoms with van der Waals surface area (Å²) in [5.74, 6) is 0. The second-order valence-electron chi connectivity index (χ2n) is 6.42. The van der Waals surface area contributed by atoms with Gasteiger partial charge in [0.25, 0.3) is 0 Å². The minimum atomic E-state index is -3.20. The fourth-order valence-electron chi connectivity index (χ4n) is 3.36. The number of benzene rings is 2. The van der Waals surface area contributed by atoms with E-state index < -0.39 is 15.9 Å². The maximum Gasteiger partial charge on any atom is 0.175 e. The molecule has 1 N–H and O–H groups in total. The van der Waals surface area contributed by atoms with Crippen LogP contribution in [-0.2, 0) is 9.84 Å². The van der Waals surface area contributed by atoms with Crippen LogP contribution in [0.1, 0.15) is 36.1 Å². The zero-order valence-corrected chi connectivity index (χ0v) is 14.6. The Kier molecular flexibility index (Phi) is 5.04. The molecule has 24 heavy (non-hydrogen) atoms. The predicted molar refractivity (Wildman–Crippen MR) is 94.5 cm³/mol. The monoisotopic (exact) mass is 345 g/mol. The topological polar surface area (TPSA) is 57.6 Å². The van der Waals surface area contributed by atoms with Gasteiger partial charge in [-0.25, -0.2) is 8.42 Å². The van der Waals surface area contributed by atoms with Crippen molar-refractivity contribution in [2.45, 2.75) is 29.9 Å². The number of hydrogen-bond acceptors (Lipinski definition) is 4. The summed E-state index contributed by atoms with van der Waals surface area (Å²) in [6.45, 7) is 1.52. The van der Waals surface area contributed by atoms with Gasteiger partial charge in [0, 0.05) is 18.8 Å². The van der Waals surface area contributed by atoms with Crippen LogP contribution in [0.5, 0.6) is 0 Å². The van der Waals surface area contributed by atoms with Crippen molar-refractivity contribution >= 4 is 9.84 Å².